The van der Waals surface area contributed by atoms with Crippen LogP contribution in [0.3, 0.4) is 0 Å². The van der Waals surface area contributed by atoms with Crippen molar-refractivity contribution < 1.29 is 23.8 Å². The van der Waals surface area contributed by atoms with E-state index < -0.39 is 5.97 Å². The molecule has 132 valence electrons. The zero-order chi connectivity index (χ0) is 18.7. The van der Waals surface area contributed by atoms with Gasteiger partial charge >= 0.3 is 5.97 Å². The molecule has 0 spiro atoms. The molecule has 0 fully saturated rings. The molecule has 0 unspecified atom stereocenters. The second-order valence-electron chi connectivity index (χ2n) is 5.65. The van der Waals surface area contributed by atoms with Crippen molar-refractivity contribution in [3.05, 3.63) is 65.7 Å². The third-order valence-corrected chi connectivity index (χ3v) is 4.07. The highest BCUT2D eigenvalue weighted by Gasteiger charge is 2.20. The molecule has 5 nitrogen and oxygen atoms in total. The second kappa shape index (κ2) is 7.27. The maximum absolute atomic E-state index is 12.5. The standard InChI is InChI=1S/C21H18O5/c1-13(22)15-9-10-17-16(11-12-18(24-2)20(17)25-3)19(15)26-21(23)14-7-5-4-6-8-14/h4-12H,1-3H3. The minimum absolute atomic E-state index is 0.197. The fourth-order valence-electron chi connectivity index (χ4n) is 2.81. The Hall–Kier alpha value is -3.34. The summed E-state index contributed by atoms with van der Waals surface area (Å²) < 4.78 is 16.4. The van der Waals surface area contributed by atoms with Crippen molar-refractivity contribution in [1.29, 1.82) is 0 Å². The predicted octanol–water partition coefficient (Wildman–Crippen LogP) is 4.28. The highest BCUT2D eigenvalue weighted by atomic mass is 16.5. The van der Waals surface area contributed by atoms with Crippen LogP contribution in [0.25, 0.3) is 10.8 Å². The molecule has 0 aliphatic heterocycles. The van der Waals surface area contributed by atoms with Crippen LogP contribution >= 0.6 is 0 Å². The molecule has 0 aliphatic carbocycles. The van der Waals surface area contributed by atoms with Crippen LogP contribution in [0.15, 0.2) is 54.6 Å². The van der Waals surface area contributed by atoms with Gasteiger partial charge in [-0.15, -0.1) is 0 Å². The first kappa shape index (κ1) is 17.5. The number of rotatable bonds is 5. The monoisotopic (exact) mass is 350 g/mol. The number of hydrogen-bond acceptors (Lipinski definition) is 5. The van der Waals surface area contributed by atoms with Crippen molar-refractivity contribution in [3.63, 3.8) is 0 Å². The van der Waals surface area contributed by atoms with Gasteiger partial charge in [0, 0.05) is 10.8 Å². The maximum atomic E-state index is 12.5. The van der Waals surface area contributed by atoms with Gasteiger partial charge in [-0.05, 0) is 43.3 Å². The van der Waals surface area contributed by atoms with Gasteiger partial charge in [0.2, 0.25) is 0 Å². The predicted molar refractivity (Wildman–Crippen MR) is 98.5 cm³/mol. The smallest absolute Gasteiger partial charge is 0.343 e. The number of ether oxygens (including phenoxy) is 3. The number of ketones is 1. The Kier molecular flexibility index (Phi) is 4.89. The molecule has 0 heterocycles. The van der Waals surface area contributed by atoms with Crippen LogP contribution in [0.5, 0.6) is 17.2 Å². The summed E-state index contributed by atoms with van der Waals surface area (Å²) in [5, 5.41) is 1.28. The van der Waals surface area contributed by atoms with Crippen molar-refractivity contribution in [2.45, 2.75) is 6.92 Å². The number of Topliss-reactive ketones (excluding diaryl/α,β-unsaturated/α-hetero) is 1. The Morgan fingerprint density at radius 3 is 2.04 bits per heavy atom. The SMILES string of the molecule is COc1ccc2c(OC(=O)c3ccccc3)c(C(C)=O)ccc2c1OC. The topological polar surface area (TPSA) is 61.8 Å². The van der Waals surface area contributed by atoms with E-state index in [1.807, 2.05) is 6.07 Å². The molecular weight excluding hydrogens is 332 g/mol. The number of hydrogen-bond donors (Lipinski definition) is 0. The Bertz CT molecular complexity index is 977. The van der Waals surface area contributed by atoms with Gasteiger partial charge in [0.25, 0.3) is 0 Å². The summed E-state index contributed by atoms with van der Waals surface area (Å²) in [4.78, 5) is 24.6. The summed E-state index contributed by atoms with van der Waals surface area (Å²) in [5.74, 6) is 0.547. The van der Waals surface area contributed by atoms with E-state index in [0.29, 0.717) is 33.4 Å². The molecule has 0 saturated carbocycles. The first-order valence-electron chi connectivity index (χ1n) is 8.02. The summed E-state index contributed by atoms with van der Waals surface area (Å²) in [5.41, 5.74) is 0.730. The first-order chi connectivity index (χ1) is 12.6. The van der Waals surface area contributed by atoms with E-state index in [0.717, 1.165) is 0 Å². The molecule has 0 saturated heterocycles. The van der Waals surface area contributed by atoms with E-state index in [9.17, 15) is 9.59 Å². The van der Waals surface area contributed by atoms with Crippen molar-refractivity contribution >= 4 is 22.5 Å². The Morgan fingerprint density at radius 2 is 1.42 bits per heavy atom. The van der Waals surface area contributed by atoms with Crippen molar-refractivity contribution in [1.82, 2.24) is 0 Å². The average molecular weight is 350 g/mol. The van der Waals surface area contributed by atoms with Crippen LogP contribution in [0.1, 0.15) is 27.6 Å². The minimum atomic E-state index is -0.532. The molecule has 3 aromatic rings. The van der Waals surface area contributed by atoms with Gasteiger partial charge in [-0.25, -0.2) is 4.79 Å². The molecule has 0 N–H and O–H groups in total. The number of carbonyl (C=O) groups is 2. The van der Waals surface area contributed by atoms with E-state index in [4.69, 9.17) is 14.2 Å². The van der Waals surface area contributed by atoms with Gasteiger partial charge in [0.15, 0.2) is 17.3 Å². The molecule has 0 atom stereocenters. The lowest BCUT2D eigenvalue weighted by Gasteiger charge is -2.15. The van der Waals surface area contributed by atoms with Gasteiger partial charge in [0.1, 0.15) is 5.75 Å². The zero-order valence-corrected chi connectivity index (χ0v) is 14.7. The third kappa shape index (κ3) is 3.11. The molecule has 0 aliphatic rings. The van der Waals surface area contributed by atoms with Crippen molar-refractivity contribution in [2.75, 3.05) is 14.2 Å². The van der Waals surface area contributed by atoms with Crippen LogP contribution in [0, 0.1) is 0 Å². The molecule has 5 heteroatoms. The second-order valence-corrected chi connectivity index (χ2v) is 5.65. The number of carbonyl (C=O) groups excluding carboxylic acids is 2. The van der Waals surface area contributed by atoms with Gasteiger partial charge in [0.05, 0.1) is 25.3 Å². The fraction of sp³-hybridized carbons (Fsp3) is 0.143. The van der Waals surface area contributed by atoms with Crippen LogP contribution in [-0.2, 0) is 0 Å². The van der Waals surface area contributed by atoms with Crippen molar-refractivity contribution in [3.8, 4) is 17.2 Å². The summed E-state index contributed by atoms with van der Waals surface area (Å²) >= 11 is 0. The largest absolute Gasteiger partial charge is 0.493 e. The summed E-state index contributed by atoms with van der Waals surface area (Å²) in [6, 6.07) is 15.5. The summed E-state index contributed by atoms with van der Waals surface area (Å²) in [7, 11) is 3.08. The van der Waals surface area contributed by atoms with E-state index in [2.05, 4.69) is 0 Å². The van der Waals surface area contributed by atoms with Gasteiger partial charge < -0.3 is 14.2 Å². The Labute approximate surface area is 151 Å². The average Bonchev–Trinajstić information content (AvgIpc) is 2.67. The summed E-state index contributed by atoms with van der Waals surface area (Å²) in [6.07, 6.45) is 0. The van der Waals surface area contributed by atoms with Crippen molar-refractivity contribution in [2.24, 2.45) is 0 Å². The minimum Gasteiger partial charge on any atom is -0.493 e. The van der Waals surface area contributed by atoms with Gasteiger partial charge in [-0.1, -0.05) is 18.2 Å². The maximum Gasteiger partial charge on any atom is 0.343 e. The Balaban J connectivity index is 2.19. The molecular formula is C21H18O5. The quantitative estimate of drug-likeness (QED) is 0.390. The van der Waals surface area contributed by atoms with E-state index in [1.165, 1.54) is 14.0 Å². The highest BCUT2D eigenvalue weighted by molar-refractivity contribution is 6.07. The number of benzene rings is 3. The first-order valence-corrected chi connectivity index (χ1v) is 8.02. The summed E-state index contributed by atoms with van der Waals surface area (Å²) in [6.45, 7) is 1.43. The number of esters is 1. The molecule has 26 heavy (non-hydrogen) atoms. The van der Waals surface area contributed by atoms with Crippen LogP contribution in [0.2, 0.25) is 0 Å². The third-order valence-electron chi connectivity index (χ3n) is 4.07. The molecule has 0 radical (unpaired) electrons. The molecule has 3 aromatic carbocycles. The molecule has 3 rings (SSSR count). The fourth-order valence-corrected chi connectivity index (χ4v) is 2.81. The van der Waals surface area contributed by atoms with Gasteiger partial charge in [-0.2, -0.15) is 0 Å². The molecule has 0 bridgehead atoms. The highest BCUT2D eigenvalue weighted by Crippen LogP contribution is 2.41. The van der Waals surface area contributed by atoms with Crippen LogP contribution in [0.4, 0.5) is 0 Å². The molecule has 0 aromatic heterocycles. The lowest BCUT2D eigenvalue weighted by Crippen LogP contribution is -2.11. The lowest BCUT2D eigenvalue weighted by atomic mass is 10.0. The normalized spacial score (nSPS) is 10.4. The van der Waals surface area contributed by atoms with E-state index in [1.54, 1.807) is 55.6 Å². The molecule has 0 amide bonds. The van der Waals surface area contributed by atoms with Crippen LogP contribution < -0.4 is 14.2 Å². The van der Waals surface area contributed by atoms with E-state index in [-0.39, 0.29) is 11.5 Å². The zero-order valence-electron chi connectivity index (χ0n) is 14.7. The van der Waals surface area contributed by atoms with Crippen LogP contribution in [-0.4, -0.2) is 26.0 Å². The van der Waals surface area contributed by atoms with E-state index >= 15 is 0 Å². The van der Waals surface area contributed by atoms with Gasteiger partial charge in [-0.3, -0.25) is 4.79 Å². The number of methoxy groups -OCH3 is 2. The Morgan fingerprint density at radius 1 is 0.769 bits per heavy atom. The number of fused-ring (bicyclic) bond motifs is 1. The lowest BCUT2D eigenvalue weighted by molar-refractivity contribution is 0.0735.